The van der Waals surface area contributed by atoms with Crippen LogP contribution in [0.2, 0.25) is 0 Å². The first-order valence-corrected chi connectivity index (χ1v) is 5.87. The third-order valence-electron chi connectivity index (χ3n) is 2.77. The van der Waals surface area contributed by atoms with Crippen molar-refractivity contribution in [1.82, 2.24) is 0 Å². The summed E-state index contributed by atoms with van der Waals surface area (Å²) in [4.78, 5) is 0. The summed E-state index contributed by atoms with van der Waals surface area (Å²) in [5.41, 5.74) is 1.41. The quantitative estimate of drug-likeness (QED) is 0.911. The summed E-state index contributed by atoms with van der Waals surface area (Å²) >= 11 is 0. The molecular weight excluding hydrogens is 246 g/mol. The van der Waals surface area contributed by atoms with E-state index in [0.29, 0.717) is 24.2 Å². The molecule has 0 atom stereocenters. The van der Waals surface area contributed by atoms with Gasteiger partial charge >= 0.3 is 0 Å². The third-order valence-corrected chi connectivity index (χ3v) is 2.77. The Morgan fingerprint density at radius 3 is 2.63 bits per heavy atom. The van der Waals surface area contributed by atoms with E-state index in [0.717, 1.165) is 0 Å². The van der Waals surface area contributed by atoms with E-state index in [9.17, 15) is 8.78 Å². The highest BCUT2D eigenvalue weighted by atomic mass is 19.1. The van der Waals surface area contributed by atoms with Crippen LogP contribution < -0.4 is 5.32 Å². The molecule has 0 spiro atoms. The molecular formula is C15H12F2N2. The van der Waals surface area contributed by atoms with Crippen LogP contribution in [0.15, 0.2) is 42.5 Å². The molecule has 2 aromatic rings. The van der Waals surface area contributed by atoms with Crippen molar-refractivity contribution >= 4 is 5.69 Å². The van der Waals surface area contributed by atoms with Crippen LogP contribution in [0.5, 0.6) is 0 Å². The Balaban J connectivity index is 2.01. The second-order valence-corrected chi connectivity index (χ2v) is 4.07. The van der Waals surface area contributed by atoms with E-state index < -0.39 is 5.82 Å². The second kappa shape index (κ2) is 5.96. The number of benzene rings is 2. The van der Waals surface area contributed by atoms with E-state index in [4.69, 9.17) is 5.26 Å². The number of rotatable bonds is 4. The van der Waals surface area contributed by atoms with Gasteiger partial charge in [-0.1, -0.05) is 18.2 Å². The molecule has 96 valence electrons. The molecule has 2 rings (SSSR count). The summed E-state index contributed by atoms with van der Waals surface area (Å²) in [7, 11) is 0. The topological polar surface area (TPSA) is 35.8 Å². The molecule has 0 aliphatic rings. The average Bonchev–Trinajstić information content (AvgIpc) is 2.42. The predicted octanol–water partition coefficient (Wildman–Crippen LogP) is 3.49. The SMILES string of the molecule is N#Cc1cc(F)ccc1NCCc1ccccc1F. The third kappa shape index (κ3) is 3.29. The van der Waals surface area contributed by atoms with Gasteiger partial charge < -0.3 is 5.32 Å². The van der Waals surface area contributed by atoms with Gasteiger partial charge in [-0.25, -0.2) is 8.78 Å². The van der Waals surface area contributed by atoms with E-state index in [1.54, 1.807) is 18.2 Å². The van der Waals surface area contributed by atoms with Gasteiger partial charge in [0.05, 0.1) is 11.3 Å². The van der Waals surface area contributed by atoms with Crippen LogP contribution in [-0.4, -0.2) is 6.54 Å². The first-order valence-electron chi connectivity index (χ1n) is 5.87. The standard InChI is InChI=1S/C15H12F2N2/c16-13-5-6-15(12(9-13)10-18)19-8-7-11-3-1-2-4-14(11)17/h1-6,9,19H,7-8H2. The molecule has 0 amide bonds. The Morgan fingerprint density at radius 1 is 1.11 bits per heavy atom. The van der Waals surface area contributed by atoms with Gasteiger partial charge in [-0.3, -0.25) is 0 Å². The predicted molar refractivity (Wildman–Crippen MR) is 69.7 cm³/mol. The van der Waals surface area contributed by atoms with Crippen molar-refractivity contribution < 1.29 is 8.78 Å². The van der Waals surface area contributed by atoms with Gasteiger partial charge in [-0.2, -0.15) is 5.26 Å². The van der Waals surface area contributed by atoms with Gasteiger partial charge in [-0.05, 0) is 36.2 Å². The van der Waals surface area contributed by atoms with Gasteiger partial charge in [0.2, 0.25) is 0 Å². The number of nitrogens with zero attached hydrogens (tertiary/aromatic N) is 1. The Bertz CT molecular complexity index is 618. The zero-order valence-corrected chi connectivity index (χ0v) is 10.2. The van der Waals surface area contributed by atoms with Crippen LogP contribution in [0.3, 0.4) is 0 Å². The maximum absolute atomic E-state index is 13.4. The summed E-state index contributed by atoms with van der Waals surface area (Å²) in [6, 6.07) is 12.4. The van der Waals surface area contributed by atoms with Crippen molar-refractivity contribution in [2.45, 2.75) is 6.42 Å². The maximum atomic E-state index is 13.4. The lowest BCUT2D eigenvalue weighted by atomic mass is 10.1. The molecule has 0 unspecified atom stereocenters. The first kappa shape index (κ1) is 13.0. The Kier molecular flexibility index (Phi) is 4.09. The Labute approximate surface area is 110 Å². The fraction of sp³-hybridized carbons (Fsp3) is 0.133. The van der Waals surface area contributed by atoms with Gasteiger partial charge in [-0.15, -0.1) is 0 Å². The maximum Gasteiger partial charge on any atom is 0.126 e. The van der Waals surface area contributed by atoms with Gasteiger partial charge in [0, 0.05) is 6.54 Å². The summed E-state index contributed by atoms with van der Waals surface area (Å²) in [5.74, 6) is -0.694. The minimum absolute atomic E-state index is 0.244. The largest absolute Gasteiger partial charge is 0.384 e. The molecule has 2 nitrogen and oxygen atoms in total. The van der Waals surface area contributed by atoms with Crippen LogP contribution >= 0.6 is 0 Å². The minimum Gasteiger partial charge on any atom is -0.384 e. The number of nitrogens with one attached hydrogen (secondary N) is 1. The van der Waals surface area contributed by atoms with E-state index in [2.05, 4.69) is 5.32 Å². The average molecular weight is 258 g/mol. The molecule has 0 aliphatic heterocycles. The molecule has 19 heavy (non-hydrogen) atoms. The van der Waals surface area contributed by atoms with Crippen LogP contribution in [0.25, 0.3) is 0 Å². The number of hydrogen-bond donors (Lipinski definition) is 1. The van der Waals surface area contributed by atoms with Crippen molar-refractivity contribution in [3.63, 3.8) is 0 Å². The molecule has 0 saturated heterocycles. The van der Waals surface area contributed by atoms with E-state index in [-0.39, 0.29) is 11.4 Å². The highest BCUT2D eigenvalue weighted by Gasteiger charge is 2.04. The van der Waals surface area contributed by atoms with Crippen molar-refractivity contribution in [3.8, 4) is 6.07 Å². The molecule has 1 N–H and O–H groups in total. The summed E-state index contributed by atoms with van der Waals surface area (Å²) in [6.45, 7) is 0.473. The molecule has 0 heterocycles. The molecule has 0 saturated carbocycles. The van der Waals surface area contributed by atoms with E-state index in [1.165, 1.54) is 24.3 Å². The summed E-state index contributed by atoms with van der Waals surface area (Å²) in [6.07, 6.45) is 0.495. The van der Waals surface area contributed by atoms with Gasteiger partial charge in [0.25, 0.3) is 0 Å². The molecule has 0 fully saturated rings. The second-order valence-electron chi connectivity index (χ2n) is 4.07. The Morgan fingerprint density at radius 2 is 1.89 bits per heavy atom. The zero-order chi connectivity index (χ0) is 13.7. The lowest BCUT2D eigenvalue weighted by Crippen LogP contribution is -2.07. The lowest BCUT2D eigenvalue weighted by molar-refractivity contribution is 0.610. The van der Waals surface area contributed by atoms with Crippen LogP contribution in [0.1, 0.15) is 11.1 Å². The first-order chi connectivity index (χ1) is 9.20. The van der Waals surface area contributed by atoms with Crippen molar-refractivity contribution in [2.24, 2.45) is 0 Å². The molecule has 0 aliphatic carbocycles. The highest BCUT2D eigenvalue weighted by Crippen LogP contribution is 2.16. The number of nitriles is 1. The minimum atomic E-state index is -0.448. The van der Waals surface area contributed by atoms with Crippen molar-refractivity contribution in [3.05, 3.63) is 65.2 Å². The van der Waals surface area contributed by atoms with Gasteiger partial charge in [0.1, 0.15) is 17.7 Å². The van der Waals surface area contributed by atoms with Crippen LogP contribution in [0, 0.1) is 23.0 Å². The van der Waals surface area contributed by atoms with Crippen LogP contribution in [0.4, 0.5) is 14.5 Å². The van der Waals surface area contributed by atoms with Crippen LogP contribution in [-0.2, 0) is 6.42 Å². The number of halogens is 2. The van der Waals surface area contributed by atoms with Gasteiger partial charge in [0.15, 0.2) is 0 Å². The fourth-order valence-electron chi connectivity index (χ4n) is 1.80. The molecule has 0 radical (unpaired) electrons. The fourth-order valence-corrected chi connectivity index (χ4v) is 1.80. The smallest absolute Gasteiger partial charge is 0.126 e. The summed E-state index contributed by atoms with van der Waals surface area (Å²) < 4.78 is 26.3. The van der Waals surface area contributed by atoms with E-state index >= 15 is 0 Å². The Hall–Kier alpha value is -2.41. The molecule has 0 bridgehead atoms. The lowest BCUT2D eigenvalue weighted by Gasteiger charge is -2.08. The number of hydrogen-bond acceptors (Lipinski definition) is 2. The molecule has 4 heteroatoms. The summed E-state index contributed by atoms with van der Waals surface area (Å²) in [5, 5.41) is 11.9. The molecule has 0 aromatic heterocycles. The molecule has 2 aromatic carbocycles. The highest BCUT2D eigenvalue weighted by molar-refractivity contribution is 5.57. The normalized spacial score (nSPS) is 9.95. The number of anilines is 1. The monoisotopic (exact) mass is 258 g/mol. The zero-order valence-electron chi connectivity index (χ0n) is 10.2. The van der Waals surface area contributed by atoms with Crippen molar-refractivity contribution in [2.75, 3.05) is 11.9 Å². The van der Waals surface area contributed by atoms with Crippen molar-refractivity contribution in [1.29, 1.82) is 5.26 Å². The van der Waals surface area contributed by atoms with E-state index in [1.807, 2.05) is 6.07 Å².